The fraction of sp³-hybridized carbons (Fsp3) is 0.529. The first-order valence-corrected chi connectivity index (χ1v) is 8.29. The van der Waals surface area contributed by atoms with E-state index in [1.165, 1.54) is 42.6 Å². The monoisotopic (exact) mass is 297 g/mol. The van der Waals surface area contributed by atoms with Gasteiger partial charge in [0.2, 0.25) is 0 Å². The molecule has 4 rings (SSSR count). The number of nitrogens with one attached hydrogen (secondary N) is 1. The second-order valence-electron chi connectivity index (χ2n) is 6.50. The van der Waals surface area contributed by atoms with Crippen molar-refractivity contribution in [2.75, 3.05) is 25.0 Å². The summed E-state index contributed by atoms with van der Waals surface area (Å²) in [5.41, 5.74) is 4.34. The molecule has 0 radical (unpaired) electrons. The second kappa shape index (κ2) is 6.08. The highest BCUT2D eigenvalue weighted by atomic mass is 15.4. The van der Waals surface area contributed by atoms with Gasteiger partial charge in [-0.2, -0.15) is 0 Å². The zero-order valence-corrected chi connectivity index (χ0v) is 12.9. The number of aromatic nitrogens is 3. The van der Waals surface area contributed by atoms with E-state index in [1.54, 1.807) is 6.20 Å². The number of benzene rings is 1. The van der Waals surface area contributed by atoms with Gasteiger partial charge < -0.3 is 5.32 Å². The molecule has 1 aromatic carbocycles. The Morgan fingerprint density at radius 3 is 3.23 bits per heavy atom. The summed E-state index contributed by atoms with van der Waals surface area (Å²) in [7, 11) is 0. The number of anilines is 1. The number of hydrogen-bond donors (Lipinski definition) is 1. The van der Waals surface area contributed by atoms with Crippen LogP contribution in [0, 0.1) is 5.92 Å². The molecule has 0 spiro atoms. The van der Waals surface area contributed by atoms with E-state index in [0.717, 1.165) is 26.2 Å². The topological polar surface area (TPSA) is 46.0 Å². The molecule has 2 aliphatic rings. The molecule has 0 bridgehead atoms. The number of aryl methyl sites for hydroxylation is 1. The molecule has 0 amide bonds. The predicted octanol–water partition coefficient (Wildman–Crippen LogP) is 2.16. The van der Waals surface area contributed by atoms with Gasteiger partial charge in [0.05, 0.1) is 6.20 Å². The summed E-state index contributed by atoms with van der Waals surface area (Å²) in [6.45, 7) is 5.50. The van der Waals surface area contributed by atoms with Crippen LogP contribution in [-0.2, 0) is 19.5 Å². The van der Waals surface area contributed by atoms with Gasteiger partial charge in [-0.3, -0.25) is 9.58 Å². The van der Waals surface area contributed by atoms with E-state index in [0.29, 0.717) is 5.92 Å². The van der Waals surface area contributed by atoms with Crippen molar-refractivity contribution < 1.29 is 0 Å². The molecular formula is C17H23N5. The average Bonchev–Trinajstić information content (AvgIpc) is 3.20. The van der Waals surface area contributed by atoms with Crippen LogP contribution in [0.2, 0.25) is 0 Å². The largest absolute Gasteiger partial charge is 0.385 e. The molecule has 2 aliphatic heterocycles. The molecule has 0 aliphatic carbocycles. The zero-order chi connectivity index (χ0) is 14.8. The van der Waals surface area contributed by atoms with Crippen LogP contribution >= 0.6 is 0 Å². The van der Waals surface area contributed by atoms with Crippen LogP contribution in [0.3, 0.4) is 0 Å². The van der Waals surface area contributed by atoms with E-state index in [9.17, 15) is 0 Å². The predicted molar refractivity (Wildman–Crippen MR) is 86.7 cm³/mol. The Balaban J connectivity index is 1.40. The van der Waals surface area contributed by atoms with E-state index < -0.39 is 0 Å². The molecule has 1 unspecified atom stereocenters. The molecule has 2 aromatic rings. The zero-order valence-electron chi connectivity index (χ0n) is 12.9. The van der Waals surface area contributed by atoms with E-state index >= 15 is 0 Å². The van der Waals surface area contributed by atoms with E-state index in [4.69, 9.17) is 0 Å². The summed E-state index contributed by atoms with van der Waals surface area (Å²) >= 11 is 0. The lowest BCUT2D eigenvalue weighted by atomic mass is 9.99. The summed E-state index contributed by atoms with van der Waals surface area (Å²) in [6, 6.07) is 6.76. The second-order valence-corrected chi connectivity index (χ2v) is 6.50. The number of likely N-dealkylation sites (tertiary alicyclic amines) is 1. The minimum atomic E-state index is 0.689. The average molecular weight is 297 g/mol. The van der Waals surface area contributed by atoms with Gasteiger partial charge in [0.25, 0.3) is 0 Å². The highest BCUT2D eigenvalue weighted by Crippen LogP contribution is 2.28. The quantitative estimate of drug-likeness (QED) is 0.939. The number of para-hydroxylation sites is 1. The summed E-state index contributed by atoms with van der Waals surface area (Å²) in [4.78, 5) is 2.58. The Labute approximate surface area is 131 Å². The standard InChI is InChI=1S/C17H23N5/c1-3-15-5-2-7-18-17(15)16(4-1)13-21-9-6-14(11-21)12-22-10-8-19-20-22/h1,3-4,8,10,14,18H,2,5-7,9,11-13H2. The third kappa shape index (κ3) is 2.86. The number of rotatable bonds is 4. The lowest BCUT2D eigenvalue weighted by Crippen LogP contribution is -2.23. The van der Waals surface area contributed by atoms with Crippen LogP contribution in [-0.4, -0.2) is 39.5 Å². The van der Waals surface area contributed by atoms with Crippen molar-refractivity contribution in [2.24, 2.45) is 5.92 Å². The molecule has 22 heavy (non-hydrogen) atoms. The van der Waals surface area contributed by atoms with Crippen LogP contribution in [0.1, 0.15) is 24.0 Å². The summed E-state index contributed by atoms with van der Waals surface area (Å²) in [5, 5.41) is 11.6. The van der Waals surface area contributed by atoms with E-state index in [-0.39, 0.29) is 0 Å². The third-order valence-corrected chi connectivity index (χ3v) is 4.84. The first kappa shape index (κ1) is 13.8. The first-order chi connectivity index (χ1) is 10.9. The van der Waals surface area contributed by atoms with Crippen molar-refractivity contribution in [3.8, 4) is 0 Å². The van der Waals surface area contributed by atoms with Crippen LogP contribution in [0.4, 0.5) is 5.69 Å². The molecule has 5 nitrogen and oxygen atoms in total. The van der Waals surface area contributed by atoms with Gasteiger partial charge in [0, 0.05) is 38.1 Å². The van der Waals surface area contributed by atoms with Crippen molar-refractivity contribution in [3.63, 3.8) is 0 Å². The van der Waals surface area contributed by atoms with Crippen molar-refractivity contribution in [1.82, 2.24) is 19.9 Å². The Morgan fingerprint density at radius 2 is 2.32 bits per heavy atom. The highest BCUT2D eigenvalue weighted by molar-refractivity contribution is 5.59. The Kier molecular flexibility index (Phi) is 3.81. The van der Waals surface area contributed by atoms with Crippen LogP contribution < -0.4 is 5.32 Å². The van der Waals surface area contributed by atoms with Crippen molar-refractivity contribution in [2.45, 2.75) is 32.4 Å². The highest BCUT2D eigenvalue weighted by Gasteiger charge is 2.24. The Morgan fingerprint density at radius 1 is 1.32 bits per heavy atom. The van der Waals surface area contributed by atoms with Crippen LogP contribution in [0.25, 0.3) is 0 Å². The molecule has 5 heteroatoms. The summed E-state index contributed by atoms with van der Waals surface area (Å²) in [6.07, 6.45) is 7.43. The number of nitrogens with zero attached hydrogens (tertiary/aromatic N) is 4. The number of hydrogen-bond acceptors (Lipinski definition) is 4. The Hall–Kier alpha value is -1.88. The van der Waals surface area contributed by atoms with Crippen LogP contribution in [0.5, 0.6) is 0 Å². The van der Waals surface area contributed by atoms with Crippen molar-refractivity contribution >= 4 is 5.69 Å². The van der Waals surface area contributed by atoms with E-state index in [1.807, 2.05) is 10.9 Å². The SMILES string of the molecule is c1cc2c(c(CN3CCC(Cn4ccnn4)C3)c1)NCCC2. The third-order valence-electron chi connectivity index (χ3n) is 4.84. The molecule has 1 saturated heterocycles. The fourth-order valence-electron chi connectivity index (χ4n) is 3.75. The lowest BCUT2D eigenvalue weighted by molar-refractivity contribution is 0.306. The van der Waals surface area contributed by atoms with Gasteiger partial charge in [-0.1, -0.05) is 23.4 Å². The minimum absolute atomic E-state index is 0.689. The smallest absolute Gasteiger partial charge is 0.0692 e. The fourth-order valence-corrected chi connectivity index (χ4v) is 3.75. The molecule has 1 aromatic heterocycles. The van der Waals surface area contributed by atoms with E-state index in [2.05, 4.69) is 38.7 Å². The minimum Gasteiger partial charge on any atom is -0.385 e. The molecule has 1 fully saturated rings. The maximum absolute atomic E-state index is 4.08. The molecule has 0 saturated carbocycles. The van der Waals surface area contributed by atoms with Crippen molar-refractivity contribution in [1.29, 1.82) is 0 Å². The van der Waals surface area contributed by atoms with Gasteiger partial charge in [-0.25, -0.2) is 0 Å². The maximum atomic E-state index is 4.08. The molecule has 1 atom stereocenters. The van der Waals surface area contributed by atoms with Gasteiger partial charge in [0.15, 0.2) is 0 Å². The molecule has 1 N–H and O–H groups in total. The molecule has 3 heterocycles. The molecule has 116 valence electrons. The van der Waals surface area contributed by atoms with Crippen LogP contribution in [0.15, 0.2) is 30.6 Å². The maximum Gasteiger partial charge on any atom is 0.0692 e. The van der Waals surface area contributed by atoms with Gasteiger partial charge in [0.1, 0.15) is 0 Å². The van der Waals surface area contributed by atoms with Crippen molar-refractivity contribution in [3.05, 3.63) is 41.7 Å². The van der Waals surface area contributed by atoms with Gasteiger partial charge in [-0.15, -0.1) is 5.10 Å². The van der Waals surface area contributed by atoms with Gasteiger partial charge in [-0.05, 0) is 42.9 Å². The molecular weight excluding hydrogens is 274 g/mol. The first-order valence-electron chi connectivity index (χ1n) is 8.29. The Bertz CT molecular complexity index is 622. The van der Waals surface area contributed by atoms with Gasteiger partial charge >= 0.3 is 0 Å². The summed E-state index contributed by atoms with van der Waals surface area (Å²) < 4.78 is 1.96. The summed E-state index contributed by atoms with van der Waals surface area (Å²) in [5.74, 6) is 0.689. The lowest BCUT2D eigenvalue weighted by Gasteiger charge is -2.24. The number of fused-ring (bicyclic) bond motifs is 1. The normalized spacial score (nSPS) is 21.5.